The molecule has 0 radical (unpaired) electrons. The average Bonchev–Trinajstić information content (AvgIpc) is 2.65. The van der Waals surface area contributed by atoms with Crippen LogP contribution in [0.5, 0.6) is 0 Å². The van der Waals surface area contributed by atoms with Crippen LogP contribution in [0.4, 0.5) is 11.4 Å². The molecule has 1 N–H and O–H groups in total. The summed E-state index contributed by atoms with van der Waals surface area (Å²) >= 11 is 0. The molecule has 0 aliphatic heterocycles. The summed E-state index contributed by atoms with van der Waals surface area (Å²) in [6, 6.07) is 14.6. The van der Waals surface area contributed by atoms with Crippen LogP contribution in [-0.4, -0.2) is 18.0 Å². The van der Waals surface area contributed by atoms with Crippen molar-refractivity contribution in [3.8, 4) is 0 Å². The van der Waals surface area contributed by atoms with Gasteiger partial charge in [-0.1, -0.05) is 43.3 Å². The number of benzene rings is 2. The second-order valence-electron chi connectivity index (χ2n) is 5.41. The van der Waals surface area contributed by atoms with E-state index in [2.05, 4.69) is 10.1 Å². The van der Waals surface area contributed by atoms with Crippen LogP contribution < -0.4 is 5.32 Å². The first-order valence-electron chi connectivity index (χ1n) is 7.91. The molecular formula is C19H20N2O4. The number of nitrogens with zero attached hydrogens (tertiary/aromatic N) is 1. The van der Waals surface area contributed by atoms with Crippen molar-refractivity contribution in [3.05, 3.63) is 75.8 Å². The van der Waals surface area contributed by atoms with Crippen molar-refractivity contribution in [3.63, 3.8) is 0 Å². The van der Waals surface area contributed by atoms with Gasteiger partial charge in [-0.3, -0.25) is 10.1 Å². The maximum Gasteiger partial charge on any atom is 0.330 e. The number of nitro groups is 1. The Morgan fingerprint density at radius 2 is 2.00 bits per heavy atom. The molecule has 2 aromatic rings. The number of nitro benzene ring substituents is 1. The Morgan fingerprint density at radius 3 is 2.60 bits per heavy atom. The molecule has 2 rings (SSSR count). The molecule has 6 nitrogen and oxygen atoms in total. The lowest BCUT2D eigenvalue weighted by Crippen LogP contribution is -2.11. The van der Waals surface area contributed by atoms with Crippen LogP contribution in [0.1, 0.15) is 30.5 Å². The van der Waals surface area contributed by atoms with Crippen molar-refractivity contribution in [1.82, 2.24) is 0 Å². The van der Waals surface area contributed by atoms with Gasteiger partial charge in [-0.05, 0) is 29.7 Å². The summed E-state index contributed by atoms with van der Waals surface area (Å²) in [4.78, 5) is 22.1. The van der Waals surface area contributed by atoms with Crippen LogP contribution in [0.25, 0.3) is 6.08 Å². The molecule has 1 unspecified atom stereocenters. The number of rotatable bonds is 7. The Morgan fingerprint density at radius 1 is 1.28 bits per heavy atom. The molecule has 25 heavy (non-hydrogen) atoms. The van der Waals surface area contributed by atoms with E-state index in [1.165, 1.54) is 25.3 Å². The van der Waals surface area contributed by atoms with Gasteiger partial charge in [0, 0.05) is 12.1 Å². The lowest BCUT2D eigenvalue weighted by molar-refractivity contribution is -0.384. The van der Waals surface area contributed by atoms with Crippen LogP contribution in [-0.2, 0) is 9.53 Å². The van der Waals surface area contributed by atoms with Crippen LogP contribution in [0.15, 0.2) is 54.6 Å². The Bertz CT molecular complexity index is 772. The first-order chi connectivity index (χ1) is 12.0. The molecule has 0 amide bonds. The maximum atomic E-state index is 11.4. The fourth-order valence-electron chi connectivity index (χ4n) is 2.45. The predicted octanol–water partition coefficient (Wildman–Crippen LogP) is 4.34. The third-order valence-electron chi connectivity index (χ3n) is 3.77. The molecular weight excluding hydrogens is 320 g/mol. The van der Waals surface area contributed by atoms with Gasteiger partial charge in [0.25, 0.3) is 5.69 Å². The average molecular weight is 340 g/mol. The zero-order valence-electron chi connectivity index (χ0n) is 14.1. The minimum absolute atomic E-state index is 0.0311. The third kappa shape index (κ3) is 4.91. The minimum Gasteiger partial charge on any atom is -0.466 e. The Hall–Kier alpha value is -3.15. The van der Waals surface area contributed by atoms with Gasteiger partial charge in [0.1, 0.15) is 5.69 Å². The van der Waals surface area contributed by atoms with E-state index in [9.17, 15) is 14.9 Å². The van der Waals surface area contributed by atoms with Crippen molar-refractivity contribution < 1.29 is 14.5 Å². The van der Waals surface area contributed by atoms with Crippen LogP contribution >= 0.6 is 0 Å². The van der Waals surface area contributed by atoms with Gasteiger partial charge in [0.05, 0.1) is 18.1 Å². The molecule has 0 aromatic heterocycles. The first-order valence-corrected chi connectivity index (χ1v) is 7.91. The number of esters is 1. The van der Waals surface area contributed by atoms with E-state index in [0.29, 0.717) is 11.3 Å². The molecule has 0 aliphatic carbocycles. The van der Waals surface area contributed by atoms with Gasteiger partial charge in [-0.25, -0.2) is 4.79 Å². The van der Waals surface area contributed by atoms with Gasteiger partial charge in [0.2, 0.25) is 0 Å². The molecule has 6 heteroatoms. The molecule has 0 spiro atoms. The van der Waals surface area contributed by atoms with E-state index in [1.54, 1.807) is 12.1 Å². The van der Waals surface area contributed by atoms with Crippen LogP contribution in [0, 0.1) is 10.1 Å². The van der Waals surface area contributed by atoms with Gasteiger partial charge in [0.15, 0.2) is 0 Å². The van der Waals surface area contributed by atoms with Gasteiger partial charge in [-0.15, -0.1) is 0 Å². The number of carbonyl (C=O) groups excluding carboxylic acids is 1. The van der Waals surface area contributed by atoms with E-state index < -0.39 is 10.9 Å². The topological polar surface area (TPSA) is 81.5 Å². The van der Waals surface area contributed by atoms with E-state index >= 15 is 0 Å². The molecule has 0 saturated heterocycles. The Kier molecular flexibility index (Phi) is 6.28. The molecule has 130 valence electrons. The summed E-state index contributed by atoms with van der Waals surface area (Å²) in [7, 11) is 1.27. The normalized spacial score (nSPS) is 11.9. The number of ether oxygens (including phenoxy) is 1. The summed E-state index contributed by atoms with van der Waals surface area (Å²) in [5.74, 6) is -0.514. The number of nitrogens with one attached hydrogen (secondary N) is 1. The van der Waals surface area contributed by atoms with Crippen molar-refractivity contribution in [1.29, 1.82) is 0 Å². The molecule has 0 aliphatic rings. The number of hydrogen-bond acceptors (Lipinski definition) is 5. The monoisotopic (exact) mass is 340 g/mol. The minimum atomic E-state index is -0.514. The van der Waals surface area contributed by atoms with E-state index in [-0.39, 0.29) is 11.7 Å². The van der Waals surface area contributed by atoms with Gasteiger partial charge >= 0.3 is 5.97 Å². The van der Waals surface area contributed by atoms with Crippen LogP contribution in [0.2, 0.25) is 0 Å². The van der Waals surface area contributed by atoms with Crippen LogP contribution in [0.3, 0.4) is 0 Å². The second-order valence-corrected chi connectivity index (χ2v) is 5.41. The number of carbonyl (C=O) groups is 1. The van der Waals surface area contributed by atoms with E-state index in [1.807, 2.05) is 37.3 Å². The molecule has 0 saturated carbocycles. The van der Waals surface area contributed by atoms with Gasteiger partial charge in [-0.2, -0.15) is 0 Å². The lowest BCUT2D eigenvalue weighted by atomic mass is 10.0. The molecule has 0 bridgehead atoms. The predicted molar refractivity (Wildman–Crippen MR) is 97.2 cm³/mol. The number of hydrogen-bond donors (Lipinski definition) is 1. The summed E-state index contributed by atoms with van der Waals surface area (Å²) in [6.07, 6.45) is 3.49. The molecule has 2 aromatic carbocycles. The highest BCUT2D eigenvalue weighted by atomic mass is 16.6. The summed E-state index contributed by atoms with van der Waals surface area (Å²) in [5.41, 5.74) is 2.02. The summed E-state index contributed by atoms with van der Waals surface area (Å²) in [5, 5.41) is 14.7. The van der Waals surface area contributed by atoms with E-state index in [4.69, 9.17) is 0 Å². The fraction of sp³-hybridized carbons (Fsp3) is 0.211. The second kappa shape index (κ2) is 8.63. The highest BCUT2D eigenvalue weighted by Crippen LogP contribution is 2.30. The Balaban J connectivity index is 2.29. The zero-order valence-corrected chi connectivity index (χ0v) is 14.1. The van der Waals surface area contributed by atoms with Crippen molar-refractivity contribution in [2.75, 3.05) is 12.4 Å². The number of methoxy groups -OCH3 is 1. The SMILES string of the molecule is CCC(Nc1ccc(/C=C/C(=O)OC)cc1[N+](=O)[O-])c1ccccc1. The van der Waals surface area contributed by atoms with Crippen molar-refractivity contribution in [2.45, 2.75) is 19.4 Å². The highest BCUT2D eigenvalue weighted by Gasteiger charge is 2.18. The molecule has 0 heterocycles. The summed E-state index contributed by atoms with van der Waals surface area (Å²) < 4.78 is 4.52. The smallest absolute Gasteiger partial charge is 0.330 e. The van der Waals surface area contributed by atoms with Crippen molar-refractivity contribution in [2.24, 2.45) is 0 Å². The fourth-order valence-corrected chi connectivity index (χ4v) is 2.45. The molecule has 0 fully saturated rings. The van der Waals surface area contributed by atoms with Gasteiger partial charge < -0.3 is 10.1 Å². The first kappa shape index (κ1) is 18.2. The summed E-state index contributed by atoms with van der Waals surface area (Å²) in [6.45, 7) is 2.02. The standard InChI is InChI=1S/C19H20N2O4/c1-3-16(15-7-5-4-6-8-15)20-17-11-9-14(10-12-19(22)25-2)13-18(17)21(23)24/h4-13,16,20H,3H2,1-2H3/b12-10+. The lowest BCUT2D eigenvalue weighted by Gasteiger charge is -2.19. The number of anilines is 1. The largest absolute Gasteiger partial charge is 0.466 e. The molecule has 1 atom stereocenters. The maximum absolute atomic E-state index is 11.4. The zero-order chi connectivity index (χ0) is 18.2. The highest BCUT2D eigenvalue weighted by molar-refractivity contribution is 5.87. The quantitative estimate of drug-likeness (QED) is 0.351. The van der Waals surface area contributed by atoms with Crippen molar-refractivity contribution >= 4 is 23.4 Å². The third-order valence-corrected chi connectivity index (χ3v) is 3.77. The Labute approximate surface area is 146 Å². The van der Waals surface area contributed by atoms with E-state index in [0.717, 1.165) is 12.0 Å².